The molecule has 0 aromatic carbocycles. The summed E-state index contributed by atoms with van der Waals surface area (Å²) in [6.07, 6.45) is 1.80. The Morgan fingerprint density at radius 2 is 2.07 bits per heavy atom. The normalized spacial score (nSPS) is 11.5. The second-order valence-corrected chi connectivity index (χ2v) is 5.43. The lowest BCUT2D eigenvalue weighted by atomic mass is 10.1. The van der Waals surface area contributed by atoms with E-state index in [2.05, 4.69) is 58.4 Å². The highest BCUT2D eigenvalue weighted by Gasteiger charge is 2.10. The molecule has 1 aromatic rings. The quantitative estimate of drug-likeness (QED) is 0.888. The zero-order valence-electron chi connectivity index (χ0n) is 9.69. The molecule has 0 aliphatic heterocycles. The average Bonchev–Trinajstić information content (AvgIpc) is 2.14. The second-order valence-electron chi connectivity index (χ2n) is 4.51. The monoisotopic (exact) mass is 271 g/mol. The molecule has 0 aliphatic carbocycles. The van der Waals surface area contributed by atoms with Gasteiger partial charge >= 0.3 is 0 Å². The van der Waals surface area contributed by atoms with Crippen molar-refractivity contribution in [2.24, 2.45) is 0 Å². The van der Waals surface area contributed by atoms with E-state index in [1.54, 1.807) is 6.20 Å². The van der Waals surface area contributed by atoms with Crippen LogP contribution < -0.4 is 10.6 Å². The van der Waals surface area contributed by atoms with Gasteiger partial charge in [0, 0.05) is 35.4 Å². The van der Waals surface area contributed by atoms with Crippen LogP contribution >= 0.6 is 15.9 Å². The van der Waals surface area contributed by atoms with E-state index in [1.807, 2.05) is 7.05 Å². The second kappa shape index (κ2) is 4.94. The van der Waals surface area contributed by atoms with E-state index in [4.69, 9.17) is 0 Å². The molecule has 0 bridgehead atoms. The van der Waals surface area contributed by atoms with E-state index in [-0.39, 0.29) is 5.54 Å². The average molecular weight is 272 g/mol. The van der Waals surface area contributed by atoms with Crippen molar-refractivity contribution in [2.45, 2.75) is 32.9 Å². The lowest BCUT2D eigenvalue weighted by molar-refractivity contribution is 0.424. The zero-order chi connectivity index (χ0) is 11.5. The number of halogens is 1. The molecule has 3 nitrogen and oxygen atoms in total. The summed E-state index contributed by atoms with van der Waals surface area (Å²) < 4.78 is 1.01. The highest BCUT2D eigenvalue weighted by molar-refractivity contribution is 9.10. The van der Waals surface area contributed by atoms with Gasteiger partial charge in [0.1, 0.15) is 5.82 Å². The summed E-state index contributed by atoms with van der Waals surface area (Å²) in [5.74, 6) is 0.926. The number of pyridine rings is 1. The van der Waals surface area contributed by atoms with Crippen LogP contribution in [-0.4, -0.2) is 17.6 Å². The molecule has 84 valence electrons. The minimum absolute atomic E-state index is 0.118. The van der Waals surface area contributed by atoms with Crippen molar-refractivity contribution in [1.29, 1.82) is 0 Å². The smallest absolute Gasteiger partial charge is 0.130 e. The van der Waals surface area contributed by atoms with E-state index in [9.17, 15) is 0 Å². The van der Waals surface area contributed by atoms with Crippen molar-refractivity contribution >= 4 is 21.7 Å². The van der Waals surface area contributed by atoms with E-state index in [0.717, 1.165) is 16.8 Å². The standard InChI is InChI=1S/C11H18BrN3/c1-11(2,3)15-6-8-5-9(12)7-14-10(8)13-4/h5,7,15H,6H2,1-4H3,(H,13,14). The molecular weight excluding hydrogens is 254 g/mol. The third kappa shape index (κ3) is 4.18. The molecule has 4 heteroatoms. The van der Waals surface area contributed by atoms with Crippen molar-refractivity contribution in [3.05, 3.63) is 22.3 Å². The molecule has 0 unspecified atom stereocenters. The maximum atomic E-state index is 4.30. The van der Waals surface area contributed by atoms with Gasteiger partial charge in [0.25, 0.3) is 0 Å². The fourth-order valence-corrected chi connectivity index (χ4v) is 1.58. The molecule has 1 heterocycles. The van der Waals surface area contributed by atoms with E-state index < -0.39 is 0 Å². The number of anilines is 1. The van der Waals surface area contributed by atoms with Crippen molar-refractivity contribution in [2.75, 3.05) is 12.4 Å². The molecule has 0 atom stereocenters. The first kappa shape index (κ1) is 12.5. The number of rotatable bonds is 3. The Balaban J connectivity index is 2.79. The van der Waals surface area contributed by atoms with Crippen LogP contribution in [0, 0.1) is 0 Å². The topological polar surface area (TPSA) is 37.0 Å². The van der Waals surface area contributed by atoms with Gasteiger partial charge in [0.2, 0.25) is 0 Å². The molecule has 15 heavy (non-hydrogen) atoms. The largest absolute Gasteiger partial charge is 0.373 e. The Morgan fingerprint density at radius 1 is 1.40 bits per heavy atom. The lowest BCUT2D eigenvalue weighted by Crippen LogP contribution is -2.35. The molecule has 1 rings (SSSR count). The summed E-state index contributed by atoms with van der Waals surface area (Å²) in [5.41, 5.74) is 1.29. The summed E-state index contributed by atoms with van der Waals surface area (Å²) in [6, 6.07) is 2.08. The Hall–Kier alpha value is -0.610. The third-order valence-corrected chi connectivity index (χ3v) is 2.41. The van der Waals surface area contributed by atoms with Gasteiger partial charge in [-0.25, -0.2) is 4.98 Å². The van der Waals surface area contributed by atoms with Crippen LogP contribution in [0.1, 0.15) is 26.3 Å². The fourth-order valence-electron chi connectivity index (χ4n) is 1.20. The number of nitrogens with zero attached hydrogens (tertiary/aromatic N) is 1. The van der Waals surface area contributed by atoms with Crippen molar-refractivity contribution in [3.8, 4) is 0 Å². The van der Waals surface area contributed by atoms with Crippen molar-refractivity contribution < 1.29 is 0 Å². The molecule has 0 amide bonds. The molecular formula is C11H18BrN3. The number of nitrogens with one attached hydrogen (secondary N) is 2. The minimum atomic E-state index is 0.118. The van der Waals surface area contributed by atoms with Gasteiger partial charge < -0.3 is 10.6 Å². The van der Waals surface area contributed by atoms with Crippen LogP contribution in [0.5, 0.6) is 0 Å². The first-order valence-electron chi connectivity index (χ1n) is 4.99. The van der Waals surface area contributed by atoms with Gasteiger partial charge in [-0.3, -0.25) is 0 Å². The van der Waals surface area contributed by atoms with Gasteiger partial charge in [0.05, 0.1) is 0 Å². The first-order valence-corrected chi connectivity index (χ1v) is 5.79. The van der Waals surface area contributed by atoms with Crippen LogP contribution in [-0.2, 0) is 6.54 Å². The highest BCUT2D eigenvalue weighted by Crippen LogP contribution is 2.18. The summed E-state index contributed by atoms with van der Waals surface area (Å²) in [4.78, 5) is 4.30. The number of hydrogen-bond donors (Lipinski definition) is 2. The molecule has 0 radical (unpaired) electrons. The highest BCUT2D eigenvalue weighted by atomic mass is 79.9. The first-order chi connectivity index (χ1) is 6.92. The predicted octanol–water partition coefficient (Wildman–Crippen LogP) is 2.77. The van der Waals surface area contributed by atoms with E-state index in [1.165, 1.54) is 5.56 Å². The van der Waals surface area contributed by atoms with Gasteiger partial charge in [-0.2, -0.15) is 0 Å². The van der Waals surface area contributed by atoms with Gasteiger partial charge in [0.15, 0.2) is 0 Å². The van der Waals surface area contributed by atoms with Crippen molar-refractivity contribution in [3.63, 3.8) is 0 Å². The van der Waals surface area contributed by atoms with Crippen LogP contribution in [0.15, 0.2) is 16.7 Å². The molecule has 0 saturated heterocycles. The van der Waals surface area contributed by atoms with Crippen LogP contribution in [0.2, 0.25) is 0 Å². The summed E-state index contributed by atoms with van der Waals surface area (Å²) in [6.45, 7) is 7.26. The van der Waals surface area contributed by atoms with Crippen molar-refractivity contribution in [1.82, 2.24) is 10.3 Å². The summed E-state index contributed by atoms with van der Waals surface area (Å²) in [5, 5.41) is 6.53. The molecule has 1 aromatic heterocycles. The molecule has 0 spiro atoms. The maximum Gasteiger partial charge on any atom is 0.130 e. The molecule has 0 fully saturated rings. The molecule has 2 N–H and O–H groups in total. The van der Waals surface area contributed by atoms with Crippen LogP contribution in [0.25, 0.3) is 0 Å². The summed E-state index contributed by atoms with van der Waals surface area (Å²) >= 11 is 3.43. The fraction of sp³-hybridized carbons (Fsp3) is 0.545. The maximum absolute atomic E-state index is 4.30. The predicted molar refractivity (Wildman–Crippen MR) is 68.1 cm³/mol. The van der Waals surface area contributed by atoms with Gasteiger partial charge in [-0.1, -0.05) is 0 Å². The molecule has 0 aliphatic rings. The zero-order valence-corrected chi connectivity index (χ0v) is 11.3. The SMILES string of the molecule is CNc1ncc(Br)cc1CNC(C)(C)C. The summed E-state index contributed by atoms with van der Waals surface area (Å²) in [7, 11) is 1.89. The van der Waals surface area contributed by atoms with Crippen LogP contribution in [0.3, 0.4) is 0 Å². The van der Waals surface area contributed by atoms with Crippen LogP contribution in [0.4, 0.5) is 5.82 Å². The third-order valence-electron chi connectivity index (χ3n) is 1.98. The lowest BCUT2D eigenvalue weighted by Gasteiger charge is -2.21. The van der Waals surface area contributed by atoms with Gasteiger partial charge in [-0.05, 0) is 42.8 Å². The molecule has 0 saturated carbocycles. The Kier molecular flexibility index (Phi) is 4.11. The Bertz CT molecular complexity index is 331. The Labute approximate surface area is 99.8 Å². The van der Waals surface area contributed by atoms with Gasteiger partial charge in [-0.15, -0.1) is 0 Å². The van der Waals surface area contributed by atoms with E-state index in [0.29, 0.717) is 0 Å². The number of hydrogen-bond acceptors (Lipinski definition) is 3. The van der Waals surface area contributed by atoms with E-state index >= 15 is 0 Å². The minimum Gasteiger partial charge on any atom is -0.373 e. The Morgan fingerprint density at radius 3 is 2.60 bits per heavy atom. The number of aromatic nitrogens is 1.